The Kier molecular flexibility index (Phi) is 5.53. The third-order valence-corrected chi connectivity index (χ3v) is 3.96. The first-order valence-electron chi connectivity index (χ1n) is 7.56. The fourth-order valence-electron chi connectivity index (χ4n) is 2.72. The molecule has 0 bridgehead atoms. The van der Waals surface area contributed by atoms with Crippen LogP contribution in [-0.4, -0.2) is 41.5 Å². The number of rotatable bonds is 5. The van der Waals surface area contributed by atoms with Crippen LogP contribution in [0, 0.1) is 5.92 Å². The molecule has 1 aliphatic rings. The topological polar surface area (TPSA) is 45.2 Å². The van der Waals surface area contributed by atoms with E-state index < -0.39 is 0 Å². The molecule has 1 amide bonds. The summed E-state index contributed by atoms with van der Waals surface area (Å²) < 4.78 is 0. The van der Waals surface area contributed by atoms with Crippen molar-refractivity contribution in [3.05, 3.63) is 30.1 Å². The van der Waals surface area contributed by atoms with E-state index in [1.165, 1.54) is 12.8 Å². The Morgan fingerprint density at radius 1 is 1.35 bits per heavy atom. The molecule has 1 fully saturated rings. The van der Waals surface area contributed by atoms with E-state index in [0.717, 1.165) is 25.2 Å². The number of hydrogen-bond acceptors (Lipinski definition) is 3. The van der Waals surface area contributed by atoms with Crippen LogP contribution in [0.3, 0.4) is 0 Å². The Bertz CT molecular complexity index is 413. The highest BCUT2D eigenvalue weighted by Crippen LogP contribution is 2.16. The van der Waals surface area contributed by atoms with Crippen LogP contribution < -0.4 is 5.32 Å². The number of carbonyl (C=O) groups is 1. The van der Waals surface area contributed by atoms with Crippen molar-refractivity contribution in [1.29, 1.82) is 0 Å². The van der Waals surface area contributed by atoms with Gasteiger partial charge in [0, 0.05) is 25.0 Å². The van der Waals surface area contributed by atoms with Crippen molar-refractivity contribution in [3.63, 3.8) is 0 Å². The molecule has 0 radical (unpaired) electrons. The molecule has 4 nitrogen and oxygen atoms in total. The Labute approximate surface area is 121 Å². The minimum atomic E-state index is 0.227. The fourth-order valence-corrected chi connectivity index (χ4v) is 2.72. The van der Waals surface area contributed by atoms with Gasteiger partial charge in [-0.25, -0.2) is 0 Å². The molecule has 2 heterocycles. The largest absolute Gasteiger partial charge is 0.340 e. The van der Waals surface area contributed by atoms with E-state index in [4.69, 9.17) is 0 Å². The maximum Gasteiger partial charge on any atom is 0.227 e. The van der Waals surface area contributed by atoms with Crippen molar-refractivity contribution in [2.45, 2.75) is 39.2 Å². The summed E-state index contributed by atoms with van der Waals surface area (Å²) in [4.78, 5) is 18.6. The maximum absolute atomic E-state index is 12.5. The van der Waals surface area contributed by atoms with E-state index in [-0.39, 0.29) is 11.9 Å². The molecule has 2 rings (SSSR count). The lowest BCUT2D eigenvalue weighted by Gasteiger charge is -2.33. The zero-order chi connectivity index (χ0) is 14.4. The number of nitrogens with one attached hydrogen (secondary N) is 1. The second-order valence-corrected chi connectivity index (χ2v) is 5.87. The minimum absolute atomic E-state index is 0.227. The molecule has 0 aliphatic carbocycles. The van der Waals surface area contributed by atoms with Gasteiger partial charge in [-0.2, -0.15) is 0 Å². The zero-order valence-corrected chi connectivity index (χ0v) is 12.5. The summed E-state index contributed by atoms with van der Waals surface area (Å²) in [6.07, 6.45) is 6.31. The quantitative estimate of drug-likeness (QED) is 0.892. The Hall–Kier alpha value is -1.42. The molecule has 0 atom stereocenters. The third kappa shape index (κ3) is 4.30. The lowest BCUT2D eigenvalue weighted by molar-refractivity contribution is -0.133. The van der Waals surface area contributed by atoms with Gasteiger partial charge in [0.15, 0.2) is 0 Å². The predicted molar refractivity (Wildman–Crippen MR) is 80.4 cm³/mol. The van der Waals surface area contributed by atoms with Gasteiger partial charge in [0.05, 0.1) is 6.42 Å². The highest BCUT2D eigenvalue weighted by Gasteiger charge is 2.22. The number of nitrogens with zero attached hydrogens (tertiary/aromatic N) is 2. The van der Waals surface area contributed by atoms with Crippen molar-refractivity contribution in [2.75, 3.05) is 19.6 Å². The molecular formula is C16H25N3O. The van der Waals surface area contributed by atoms with Crippen LogP contribution in [0.15, 0.2) is 24.5 Å². The summed E-state index contributed by atoms with van der Waals surface area (Å²) in [5.41, 5.74) is 1.04. The highest BCUT2D eigenvalue weighted by molar-refractivity contribution is 5.79. The molecule has 1 N–H and O–H groups in total. The molecule has 1 aliphatic heterocycles. The summed E-state index contributed by atoms with van der Waals surface area (Å²) in [6.45, 7) is 7.25. The van der Waals surface area contributed by atoms with E-state index in [0.29, 0.717) is 12.3 Å². The number of pyridine rings is 1. The second kappa shape index (κ2) is 7.39. The minimum Gasteiger partial charge on any atom is -0.340 e. The van der Waals surface area contributed by atoms with Crippen molar-refractivity contribution in [3.8, 4) is 0 Å². The van der Waals surface area contributed by atoms with Crippen LogP contribution in [-0.2, 0) is 11.2 Å². The molecule has 0 saturated carbocycles. The Morgan fingerprint density at radius 3 is 2.60 bits per heavy atom. The molecule has 4 heteroatoms. The van der Waals surface area contributed by atoms with Gasteiger partial charge in [0.25, 0.3) is 0 Å². The number of hydrogen-bond donors (Lipinski definition) is 1. The molecule has 1 aromatic heterocycles. The van der Waals surface area contributed by atoms with Gasteiger partial charge < -0.3 is 10.2 Å². The van der Waals surface area contributed by atoms with Crippen LogP contribution in [0.1, 0.15) is 32.3 Å². The average molecular weight is 275 g/mol. The van der Waals surface area contributed by atoms with Crippen molar-refractivity contribution < 1.29 is 4.79 Å². The standard InChI is InChI=1S/C16H25N3O/c1-13(2)19(12-15-5-9-18-10-6-15)16(20)11-14-3-7-17-8-4-14/h3-4,7-8,13,15,18H,5-6,9-12H2,1-2H3. The van der Waals surface area contributed by atoms with Crippen LogP contribution in [0.25, 0.3) is 0 Å². The molecule has 20 heavy (non-hydrogen) atoms. The zero-order valence-electron chi connectivity index (χ0n) is 12.5. The first kappa shape index (κ1) is 15.0. The summed E-state index contributed by atoms with van der Waals surface area (Å²) in [6, 6.07) is 4.10. The first-order valence-corrected chi connectivity index (χ1v) is 7.56. The molecule has 0 spiro atoms. The number of amides is 1. The lowest BCUT2D eigenvalue weighted by atomic mass is 9.96. The van der Waals surface area contributed by atoms with E-state index in [2.05, 4.69) is 24.1 Å². The van der Waals surface area contributed by atoms with E-state index in [1.54, 1.807) is 12.4 Å². The number of aromatic nitrogens is 1. The average Bonchev–Trinajstić information content (AvgIpc) is 2.46. The smallest absolute Gasteiger partial charge is 0.227 e. The third-order valence-electron chi connectivity index (χ3n) is 3.96. The summed E-state index contributed by atoms with van der Waals surface area (Å²) in [5.74, 6) is 0.866. The summed E-state index contributed by atoms with van der Waals surface area (Å²) in [5, 5.41) is 3.38. The molecule has 0 aromatic carbocycles. The molecular weight excluding hydrogens is 250 g/mol. The second-order valence-electron chi connectivity index (χ2n) is 5.87. The van der Waals surface area contributed by atoms with E-state index in [1.807, 2.05) is 17.0 Å². The van der Waals surface area contributed by atoms with Gasteiger partial charge in [0.2, 0.25) is 5.91 Å². The lowest BCUT2D eigenvalue weighted by Crippen LogP contribution is -2.43. The van der Waals surface area contributed by atoms with Gasteiger partial charge in [-0.15, -0.1) is 0 Å². The van der Waals surface area contributed by atoms with Crippen LogP contribution in [0.4, 0.5) is 0 Å². The van der Waals surface area contributed by atoms with E-state index in [9.17, 15) is 4.79 Å². The van der Waals surface area contributed by atoms with Crippen molar-refractivity contribution in [2.24, 2.45) is 5.92 Å². The van der Waals surface area contributed by atoms with Crippen molar-refractivity contribution >= 4 is 5.91 Å². The Morgan fingerprint density at radius 2 is 2.00 bits per heavy atom. The summed E-state index contributed by atoms with van der Waals surface area (Å²) >= 11 is 0. The SMILES string of the molecule is CC(C)N(CC1CCNCC1)C(=O)Cc1ccncc1. The number of piperidine rings is 1. The first-order chi connectivity index (χ1) is 9.66. The molecule has 1 aromatic rings. The predicted octanol–water partition coefficient (Wildman–Crippen LogP) is 1.86. The van der Waals surface area contributed by atoms with Crippen LogP contribution in [0.2, 0.25) is 0 Å². The van der Waals surface area contributed by atoms with Gasteiger partial charge in [-0.05, 0) is 63.4 Å². The summed E-state index contributed by atoms with van der Waals surface area (Å²) in [7, 11) is 0. The maximum atomic E-state index is 12.5. The monoisotopic (exact) mass is 275 g/mol. The van der Waals surface area contributed by atoms with E-state index >= 15 is 0 Å². The van der Waals surface area contributed by atoms with Gasteiger partial charge in [0.1, 0.15) is 0 Å². The van der Waals surface area contributed by atoms with Crippen molar-refractivity contribution in [1.82, 2.24) is 15.2 Å². The highest BCUT2D eigenvalue weighted by atomic mass is 16.2. The van der Waals surface area contributed by atoms with Crippen LogP contribution in [0.5, 0.6) is 0 Å². The van der Waals surface area contributed by atoms with Gasteiger partial charge >= 0.3 is 0 Å². The Balaban J connectivity index is 1.95. The van der Waals surface area contributed by atoms with Gasteiger partial charge in [-0.1, -0.05) is 0 Å². The number of carbonyl (C=O) groups excluding carboxylic acids is 1. The molecule has 0 unspecified atom stereocenters. The molecule has 110 valence electrons. The molecule has 1 saturated heterocycles. The normalized spacial score (nSPS) is 16.4. The fraction of sp³-hybridized carbons (Fsp3) is 0.625. The van der Waals surface area contributed by atoms with Crippen LogP contribution >= 0.6 is 0 Å². The van der Waals surface area contributed by atoms with Gasteiger partial charge in [-0.3, -0.25) is 9.78 Å².